The number of hydrogen-bond acceptors (Lipinski definition) is 4. The van der Waals surface area contributed by atoms with Crippen LogP contribution in [-0.4, -0.2) is 47.2 Å². The van der Waals surface area contributed by atoms with Gasteiger partial charge in [-0.2, -0.15) is 0 Å². The standard InChI is InChI=1S/C30H31ClN2O5/c1-19-14-24(15-20(2)28(19)31)37-13-7-12-33-26-17-23(11-10-21(26)16-27(33)29(34)32(3)4)38-18-22-8-5-6-9-25(22)30(35)36/h5-6,8-11,14-17H,7,12-13,18H2,1-4H3,(H,35,36). The van der Waals surface area contributed by atoms with Gasteiger partial charge in [-0.3, -0.25) is 4.79 Å². The second-order valence-corrected chi connectivity index (χ2v) is 9.80. The first kappa shape index (κ1) is 27.1. The van der Waals surface area contributed by atoms with E-state index in [4.69, 9.17) is 21.1 Å². The van der Waals surface area contributed by atoms with E-state index < -0.39 is 5.97 Å². The van der Waals surface area contributed by atoms with Crippen LogP contribution in [0.25, 0.3) is 10.9 Å². The number of rotatable bonds is 10. The third kappa shape index (κ3) is 5.94. The quantitative estimate of drug-likeness (QED) is 0.239. The average Bonchev–Trinajstić information content (AvgIpc) is 3.25. The Morgan fingerprint density at radius 1 is 0.947 bits per heavy atom. The van der Waals surface area contributed by atoms with Crippen LogP contribution in [0.5, 0.6) is 11.5 Å². The summed E-state index contributed by atoms with van der Waals surface area (Å²) in [5.74, 6) is 0.267. The Morgan fingerprint density at radius 2 is 1.66 bits per heavy atom. The van der Waals surface area contributed by atoms with Gasteiger partial charge in [0, 0.05) is 42.7 Å². The number of benzene rings is 3. The second kappa shape index (κ2) is 11.6. The molecule has 7 nitrogen and oxygen atoms in total. The number of fused-ring (bicyclic) bond motifs is 1. The van der Waals surface area contributed by atoms with Crippen molar-refractivity contribution >= 4 is 34.4 Å². The molecule has 0 bridgehead atoms. The van der Waals surface area contributed by atoms with Gasteiger partial charge in [0.15, 0.2) is 0 Å². The molecule has 4 rings (SSSR count). The summed E-state index contributed by atoms with van der Waals surface area (Å²) in [4.78, 5) is 26.1. The number of aromatic carboxylic acids is 1. The number of carbonyl (C=O) groups excluding carboxylic acids is 1. The first-order chi connectivity index (χ1) is 18.2. The van der Waals surface area contributed by atoms with Crippen molar-refractivity contribution in [3.63, 3.8) is 0 Å². The van der Waals surface area contributed by atoms with Crippen molar-refractivity contribution in [1.29, 1.82) is 0 Å². The maximum Gasteiger partial charge on any atom is 0.336 e. The van der Waals surface area contributed by atoms with E-state index in [2.05, 4.69) is 0 Å². The first-order valence-corrected chi connectivity index (χ1v) is 12.7. The van der Waals surface area contributed by atoms with Crippen molar-refractivity contribution in [1.82, 2.24) is 9.47 Å². The van der Waals surface area contributed by atoms with E-state index in [1.54, 1.807) is 43.3 Å². The van der Waals surface area contributed by atoms with Gasteiger partial charge in [0.1, 0.15) is 23.8 Å². The Morgan fingerprint density at radius 3 is 2.34 bits per heavy atom. The number of nitrogens with zero attached hydrogens (tertiary/aromatic N) is 2. The largest absolute Gasteiger partial charge is 0.494 e. The fraction of sp³-hybridized carbons (Fsp3) is 0.267. The zero-order valence-corrected chi connectivity index (χ0v) is 22.7. The predicted molar refractivity (Wildman–Crippen MR) is 149 cm³/mol. The van der Waals surface area contributed by atoms with Crippen molar-refractivity contribution in [2.45, 2.75) is 33.4 Å². The minimum Gasteiger partial charge on any atom is -0.494 e. The summed E-state index contributed by atoms with van der Waals surface area (Å²) >= 11 is 6.27. The Balaban J connectivity index is 1.54. The van der Waals surface area contributed by atoms with Crippen molar-refractivity contribution in [3.05, 3.63) is 93.6 Å². The van der Waals surface area contributed by atoms with Gasteiger partial charge in [-0.1, -0.05) is 29.8 Å². The molecule has 0 spiro atoms. The van der Waals surface area contributed by atoms with Crippen LogP contribution >= 0.6 is 11.6 Å². The van der Waals surface area contributed by atoms with Gasteiger partial charge in [0.05, 0.1) is 17.7 Å². The molecule has 198 valence electrons. The summed E-state index contributed by atoms with van der Waals surface area (Å²) in [6.07, 6.45) is 0.676. The number of carboxylic acids is 1. The van der Waals surface area contributed by atoms with Gasteiger partial charge in [-0.25, -0.2) is 4.79 Å². The van der Waals surface area contributed by atoms with Crippen LogP contribution in [0.1, 0.15) is 44.0 Å². The molecule has 4 aromatic rings. The highest BCUT2D eigenvalue weighted by atomic mass is 35.5. The van der Waals surface area contributed by atoms with Crippen LogP contribution < -0.4 is 9.47 Å². The topological polar surface area (TPSA) is 81.0 Å². The molecule has 0 saturated heterocycles. The van der Waals surface area contributed by atoms with Crippen molar-refractivity contribution in [3.8, 4) is 11.5 Å². The number of hydrogen-bond donors (Lipinski definition) is 1. The molecule has 0 unspecified atom stereocenters. The lowest BCUT2D eigenvalue weighted by Crippen LogP contribution is -2.24. The molecule has 1 N–H and O–H groups in total. The fourth-order valence-electron chi connectivity index (χ4n) is 4.39. The monoisotopic (exact) mass is 534 g/mol. The molecule has 0 atom stereocenters. The van der Waals surface area contributed by atoms with E-state index in [1.807, 2.05) is 54.8 Å². The summed E-state index contributed by atoms with van der Waals surface area (Å²) in [5.41, 5.74) is 4.17. The molecule has 1 aromatic heterocycles. The lowest BCUT2D eigenvalue weighted by atomic mass is 10.1. The van der Waals surface area contributed by atoms with Crippen LogP contribution in [-0.2, 0) is 13.2 Å². The molecule has 0 saturated carbocycles. The molecule has 1 heterocycles. The Hall–Kier alpha value is -3.97. The predicted octanol–water partition coefficient (Wildman–Crippen LogP) is 6.36. The van der Waals surface area contributed by atoms with Gasteiger partial charge in [0.25, 0.3) is 5.91 Å². The van der Waals surface area contributed by atoms with E-state index in [9.17, 15) is 14.7 Å². The van der Waals surface area contributed by atoms with Crippen LogP contribution in [0.15, 0.2) is 60.7 Å². The molecular weight excluding hydrogens is 504 g/mol. The van der Waals surface area contributed by atoms with Crippen LogP contribution in [0.3, 0.4) is 0 Å². The van der Waals surface area contributed by atoms with Crippen LogP contribution in [0, 0.1) is 13.8 Å². The Labute approximate surface area is 227 Å². The highest BCUT2D eigenvalue weighted by molar-refractivity contribution is 6.32. The number of carbonyl (C=O) groups is 2. The van der Waals surface area contributed by atoms with E-state index in [0.29, 0.717) is 36.6 Å². The van der Waals surface area contributed by atoms with E-state index >= 15 is 0 Å². The number of halogens is 1. The highest BCUT2D eigenvalue weighted by Crippen LogP contribution is 2.28. The summed E-state index contributed by atoms with van der Waals surface area (Å²) in [5, 5.41) is 11.1. The molecule has 0 aliphatic heterocycles. The number of amides is 1. The third-order valence-electron chi connectivity index (χ3n) is 6.35. The number of aryl methyl sites for hydroxylation is 3. The Kier molecular flexibility index (Phi) is 8.27. The lowest BCUT2D eigenvalue weighted by molar-refractivity contribution is 0.0693. The zero-order chi connectivity index (χ0) is 27.4. The molecule has 38 heavy (non-hydrogen) atoms. The molecule has 0 aliphatic rings. The van der Waals surface area contributed by atoms with Crippen LogP contribution in [0.4, 0.5) is 0 Å². The van der Waals surface area contributed by atoms with E-state index in [-0.39, 0.29) is 18.1 Å². The normalized spacial score (nSPS) is 11.0. The molecule has 1 amide bonds. The molecule has 0 fully saturated rings. The molecule has 0 radical (unpaired) electrons. The molecule has 3 aromatic carbocycles. The van der Waals surface area contributed by atoms with Gasteiger partial charge in [-0.15, -0.1) is 0 Å². The van der Waals surface area contributed by atoms with Gasteiger partial charge in [0.2, 0.25) is 0 Å². The zero-order valence-electron chi connectivity index (χ0n) is 22.0. The third-order valence-corrected chi connectivity index (χ3v) is 6.94. The molecule has 0 aliphatic carbocycles. The summed E-state index contributed by atoms with van der Waals surface area (Å²) in [7, 11) is 3.46. The SMILES string of the molecule is Cc1cc(OCCCn2c(C(=O)N(C)C)cc3ccc(OCc4ccccc4C(=O)O)cc32)cc(C)c1Cl. The van der Waals surface area contributed by atoms with E-state index in [0.717, 1.165) is 32.8 Å². The van der Waals surface area contributed by atoms with Crippen molar-refractivity contribution < 1.29 is 24.2 Å². The number of ether oxygens (including phenoxy) is 2. The minimum absolute atomic E-state index is 0.0936. The summed E-state index contributed by atoms with van der Waals surface area (Å²) in [6.45, 7) is 5.06. The molecule has 8 heteroatoms. The maximum absolute atomic E-state index is 13.0. The summed E-state index contributed by atoms with van der Waals surface area (Å²) < 4.78 is 13.9. The smallest absolute Gasteiger partial charge is 0.336 e. The van der Waals surface area contributed by atoms with Crippen molar-refractivity contribution in [2.75, 3.05) is 20.7 Å². The van der Waals surface area contributed by atoms with E-state index in [1.165, 1.54) is 0 Å². The average molecular weight is 535 g/mol. The van der Waals surface area contributed by atoms with Gasteiger partial charge in [-0.05, 0) is 67.8 Å². The van der Waals surface area contributed by atoms with Crippen LogP contribution in [0.2, 0.25) is 5.02 Å². The number of carboxylic acid groups (broad SMARTS) is 1. The van der Waals surface area contributed by atoms with Gasteiger partial charge < -0.3 is 24.0 Å². The Bertz CT molecular complexity index is 1470. The van der Waals surface area contributed by atoms with Gasteiger partial charge >= 0.3 is 5.97 Å². The molecular formula is C30H31ClN2O5. The second-order valence-electron chi connectivity index (χ2n) is 9.43. The van der Waals surface area contributed by atoms with Crippen molar-refractivity contribution in [2.24, 2.45) is 0 Å². The first-order valence-electron chi connectivity index (χ1n) is 12.3. The fourth-order valence-corrected chi connectivity index (χ4v) is 4.50. The maximum atomic E-state index is 13.0. The number of aromatic nitrogens is 1. The minimum atomic E-state index is -0.994. The highest BCUT2D eigenvalue weighted by Gasteiger charge is 2.18. The summed E-state index contributed by atoms with van der Waals surface area (Å²) in [6, 6.07) is 18.1. The lowest BCUT2D eigenvalue weighted by Gasteiger charge is -2.15.